The van der Waals surface area contributed by atoms with E-state index in [-0.39, 0.29) is 18.3 Å². The summed E-state index contributed by atoms with van der Waals surface area (Å²) in [5.41, 5.74) is 3.44. The van der Waals surface area contributed by atoms with Crippen LogP contribution in [0.4, 0.5) is 5.00 Å². The average molecular weight is 563 g/mol. The van der Waals surface area contributed by atoms with Gasteiger partial charge in [-0.2, -0.15) is 0 Å². The van der Waals surface area contributed by atoms with Gasteiger partial charge < -0.3 is 19.4 Å². The highest BCUT2D eigenvalue weighted by Gasteiger charge is 2.26. The van der Waals surface area contributed by atoms with E-state index in [0.29, 0.717) is 27.3 Å². The number of anilines is 1. The van der Waals surface area contributed by atoms with Crippen molar-refractivity contribution in [3.63, 3.8) is 0 Å². The summed E-state index contributed by atoms with van der Waals surface area (Å²) in [4.78, 5) is 26.6. The van der Waals surface area contributed by atoms with Gasteiger partial charge in [-0.15, -0.1) is 21.5 Å². The Hall–Kier alpha value is -2.56. The molecule has 8 nitrogen and oxygen atoms in total. The molecule has 2 aromatic heterocycles. The molecule has 1 aromatic carbocycles. The number of ether oxygens (including phenoxy) is 2. The van der Waals surface area contributed by atoms with Gasteiger partial charge in [0.15, 0.2) is 11.0 Å². The van der Waals surface area contributed by atoms with Crippen molar-refractivity contribution in [1.29, 1.82) is 0 Å². The standard InChI is InChI=1S/C26H31ClN4O4S2/c1-15-11-17(12-16(2)23(15)27)35-13-20-29-30-26(31(20)3)36-14-21(32)28-24-22(25(33)34-4)18-9-7-5-6-8-10-19(18)37-24/h11-12H,5-10,13-14H2,1-4H3,(H,28,32). The van der Waals surface area contributed by atoms with Crippen molar-refractivity contribution in [2.24, 2.45) is 7.05 Å². The molecule has 1 N–H and O–H groups in total. The Balaban J connectivity index is 1.39. The fourth-order valence-electron chi connectivity index (χ4n) is 4.35. The molecule has 0 saturated carbocycles. The molecule has 0 fully saturated rings. The predicted octanol–water partition coefficient (Wildman–Crippen LogP) is 5.90. The molecule has 198 valence electrons. The van der Waals surface area contributed by atoms with E-state index in [1.54, 1.807) is 0 Å². The summed E-state index contributed by atoms with van der Waals surface area (Å²) < 4.78 is 12.8. The summed E-state index contributed by atoms with van der Waals surface area (Å²) in [6, 6.07) is 3.78. The SMILES string of the molecule is COC(=O)c1c(NC(=O)CSc2nnc(COc3cc(C)c(Cl)c(C)c3)n2C)sc2c1CCCCCC2. The van der Waals surface area contributed by atoms with Gasteiger partial charge in [0, 0.05) is 16.9 Å². The Morgan fingerprint density at radius 1 is 1.14 bits per heavy atom. The average Bonchev–Trinajstić information content (AvgIpc) is 3.37. The second-order valence-corrected chi connectivity index (χ2v) is 11.5. The van der Waals surface area contributed by atoms with Gasteiger partial charge in [-0.3, -0.25) is 4.79 Å². The van der Waals surface area contributed by atoms with Gasteiger partial charge in [0.05, 0.1) is 18.4 Å². The maximum absolute atomic E-state index is 12.8. The smallest absolute Gasteiger partial charge is 0.341 e. The van der Waals surface area contributed by atoms with Crippen LogP contribution in [0.3, 0.4) is 0 Å². The van der Waals surface area contributed by atoms with Crippen LogP contribution in [0.2, 0.25) is 5.02 Å². The first-order valence-corrected chi connectivity index (χ1v) is 14.4. The fourth-order valence-corrected chi connectivity index (χ4v) is 6.48. The summed E-state index contributed by atoms with van der Waals surface area (Å²) >= 11 is 9.01. The molecule has 0 radical (unpaired) electrons. The van der Waals surface area contributed by atoms with Gasteiger partial charge in [0.2, 0.25) is 5.91 Å². The molecule has 1 aliphatic carbocycles. The van der Waals surface area contributed by atoms with E-state index in [1.807, 2.05) is 37.6 Å². The van der Waals surface area contributed by atoms with Gasteiger partial charge in [0.25, 0.3) is 0 Å². The summed E-state index contributed by atoms with van der Waals surface area (Å²) in [7, 11) is 3.22. The summed E-state index contributed by atoms with van der Waals surface area (Å²) in [5, 5.41) is 13.3. The number of rotatable bonds is 8. The largest absolute Gasteiger partial charge is 0.486 e. The molecule has 0 atom stereocenters. The molecule has 37 heavy (non-hydrogen) atoms. The molecule has 0 bridgehead atoms. The summed E-state index contributed by atoms with van der Waals surface area (Å²) in [6.07, 6.45) is 6.22. The molecule has 0 unspecified atom stereocenters. The molecule has 3 aromatic rings. The number of benzene rings is 1. The van der Waals surface area contributed by atoms with E-state index in [4.69, 9.17) is 21.1 Å². The number of carbonyl (C=O) groups is 2. The highest BCUT2D eigenvalue weighted by atomic mass is 35.5. The third kappa shape index (κ3) is 6.48. The third-order valence-corrected chi connectivity index (χ3v) is 9.17. The van der Waals surface area contributed by atoms with E-state index < -0.39 is 5.97 Å². The number of hydrogen-bond acceptors (Lipinski definition) is 8. The number of thioether (sulfide) groups is 1. The lowest BCUT2D eigenvalue weighted by Gasteiger charge is -2.11. The number of carbonyl (C=O) groups excluding carboxylic acids is 2. The van der Waals surface area contributed by atoms with E-state index in [0.717, 1.165) is 53.8 Å². The Morgan fingerprint density at radius 2 is 1.84 bits per heavy atom. The van der Waals surface area contributed by atoms with Gasteiger partial charge >= 0.3 is 5.97 Å². The third-order valence-electron chi connectivity index (χ3n) is 6.35. The minimum Gasteiger partial charge on any atom is -0.486 e. The molecule has 1 amide bonds. The van der Waals surface area contributed by atoms with Crippen molar-refractivity contribution in [2.45, 2.75) is 64.1 Å². The van der Waals surface area contributed by atoms with Crippen LogP contribution in [0.5, 0.6) is 5.75 Å². The zero-order valence-corrected chi connectivity index (χ0v) is 23.9. The van der Waals surface area contributed by atoms with Gasteiger partial charge in [-0.25, -0.2) is 4.79 Å². The highest BCUT2D eigenvalue weighted by molar-refractivity contribution is 7.99. The van der Waals surface area contributed by atoms with Crippen LogP contribution in [0.15, 0.2) is 17.3 Å². The maximum atomic E-state index is 12.8. The number of aryl methyl sites for hydroxylation is 3. The van der Waals surface area contributed by atoms with Gasteiger partial charge in [0.1, 0.15) is 17.4 Å². The second-order valence-electron chi connectivity index (χ2n) is 9.07. The molecular formula is C26H31ClN4O4S2. The van der Waals surface area contributed by atoms with Crippen LogP contribution < -0.4 is 10.1 Å². The van der Waals surface area contributed by atoms with Crippen molar-refractivity contribution in [3.8, 4) is 5.75 Å². The lowest BCUT2D eigenvalue weighted by atomic mass is 9.96. The highest BCUT2D eigenvalue weighted by Crippen LogP contribution is 2.37. The molecule has 11 heteroatoms. The van der Waals surface area contributed by atoms with Crippen LogP contribution in [0.25, 0.3) is 0 Å². The number of nitrogens with zero attached hydrogens (tertiary/aromatic N) is 3. The minimum atomic E-state index is -0.398. The van der Waals surface area contributed by atoms with Crippen molar-refractivity contribution in [2.75, 3.05) is 18.2 Å². The van der Waals surface area contributed by atoms with Crippen LogP contribution in [-0.2, 0) is 36.0 Å². The Kier molecular flexibility index (Phi) is 9.15. The molecule has 0 saturated heterocycles. The zero-order valence-electron chi connectivity index (χ0n) is 21.5. The Labute approximate surface area is 230 Å². The van der Waals surface area contributed by atoms with E-state index >= 15 is 0 Å². The lowest BCUT2D eigenvalue weighted by molar-refractivity contribution is -0.113. The lowest BCUT2D eigenvalue weighted by Crippen LogP contribution is -2.16. The molecule has 1 aliphatic rings. The number of hydrogen-bond donors (Lipinski definition) is 1. The van der Waals surface area contributed by atoms with Crippen LogP contribution in [0, 0.1) is 13.8 Å². The monoisotopic (exact) mass is 562 g/mol. The number of esters is 1. The predicted molar refractivity (Wildman–Crippen MR) is 147 cm³/mol. The molecule has 2 heterocycles. The number of methoxy groups -OCH3 is 1. The summed E-state index contributed by atoms with van der Waals surface area (Å²) in [5.74, 6) is 0.870. The van der Waals surface area contributed by atoms with Crippen molar-refractivity contribution in [1.82, 2.24) is 14.8 Å². The number of aromatic nitrogens is 3. The summed E-state index contributed by atoms with van der Waals surface area (Å²) in [6.45, 7) is 4.11. The topological polar surface area (TPSA) is 95.3 Å². The quantitative estimate of drug-likeness (QED) is 0.269. The normalized spacial score (nSPS) is 13.4. The Morgan fingerprint density at radius 3 is 2.54 bits per heavy atom. The number of thiophene rings is 1. The second kappa shape index (κ2) is 12.3. The van der Waals surface area contributed by atoms with Gasteiger partial charge in [-0.1, -0.05) is 36.2 Å². The number of fused-ring (bicyclic) bond motifs is 1. The van der Waals surface area contributed by atoms with Crippen LogP contribution in [-0.4, -0.2) is 39.5 Å². The fraction of sp³-hybridized carbons (Fsp3) is 0.462. The first-order valence-electron chi connectivity index (χ1n) is 12.2. The van der Waals surface area contributed by atoms with E-state index in [2.05, 4.69) is 15.5 Å². The number of halogens is 1. The number of amides is 1. The first kappa shape index (κ1) is 27.5. The van der Waals surface area contributed by atoms with Crippen molar-refractivity contribution in [3.05, 3.63) is 50.1 Å². The molecule has 4 rings (SSSR count). The molecule has 0 spiro atoms. The minimum absolute atomic E-state index is 0.131. The van der Waals surface area contributed by atoms with Gasteiger partial charge in [-0.05, 0) is 68.4 Å². The Bertz CT molecular complexity index is 1280. The molecular weight excluding hydrogens is 532 g/mol. The van der Waals surface area contributed by atoms with Crippen LogP contribution >= 0.6 is 34.7 Å². The van der Waals surface area contributed by atoms with Crippen molar-refractivity contribution >= 4 is 51.6 Å². The zero-order chi connectivity index (χ0) is 26.5. The van der Waals surface area contributed by atoms with Crippen molar-refractivity contribution < 1.29 is 19.1 Å². The van der Waals surface area contributed by atoms with Crippen LogP contribution in [0.1, 0.15) is 63.4 Å². The first-order chi connectivity index (χ1) is 17.8. The van der Waals surface area contributed by atoms with E-state index in [9.17, 15) is 9.59 Å². The maximum Gasteiger partial charge on any atom is 0.341 e. The van der Waals surface area contributed by atoms with E-state index in [1.165, 1.54) is 41.5 Å². The molecule has 0 aliphatic heterocycles. The number of nitrogens with one attached hydrogen (secondary N) is 1.